The molecule has 1 aromatic heterocycles. The molecular formula is C11H13ClN4O2S. The molecule has 0 aliphatic rings. The third kappa shape index (κ3) is 3.31. The zero-order valence-electron chi connectivity index (χ0n) is 10.2. The summed E-state index contributed by atoms with van der Waals surface area (Å²) < 4.78 is 28.3. The molecule has 1 heterocycles. The Balaban J connectivity index is 2.14. The van der Waals surface area contributed by atoms with E-state index in [0.717, 1.165) is 0 Å². The molecule has 0 aliphatic heterocycles. The molecule has 0 bridgehead atoms. The average Bonchev–Trinajstić information content (AvgIpc) is 2.84. The molecule has 0 saturated heterocycles. The number of rotatable bonds is 5. The zero-order valence-corrected chi connectivity index (χ0v) is 11.8. The second kappa shape index (κ2) is 5.68. The van der Waals surface area contributed by atoms with Crippen molar-refractivity contribution in [3.05, 3.63) is 41.4 Å². The fourth-order valence-corrected chi connectivity index (χ4v) is 2.84. The molecule has 1 aromatic carbocycles. The highest BCUT2D eigenvalue weighted by atomic mass is 35.5. The zero-order chi connectivity index (χ0) is 13.9. The van der Waals surface area contributed by atoms with E-state index < -0.39 is 10.0 Å². The molecule has 2 aromatic rings. The normalized spacial score (nSPS) is 11.7. The SMILES string of the molecule is CCn1cnnc1CNS(=O)(=O)c1cccc(Cl)c1. The van der Waals surface area contributed by atoms with E-state index in [-0.39, 0.29) is 11.4 Å². The van der Waals surface area contributed by atoms with Gasteiger partial charge in [-0.2, -0.15) is 0 Å². The monoisotopic (exact) mass is 300 g/mol. The van der Waals surface area contributed by atoms with Crippen LogP contribution in [0.15, 0.2) is 35.5 Å². The summed E-state index contributed by atoms with van der Waals surface area (Å²) >= 11 is 5.78. The summed E-state index contributed by atoms with van der Waals surface area (Å²) in [5.41, 5.74) is 0. The largest absolute Gasteiger partial charge is 0.317 e. The summed E-state index contributed by atoms with van der Waals surface area (Å²) in [6.07, 6.45) is 1.56. The van der Waals surface area contributed by atoms with Crippen LogP contribution in [0.5, 0.6) is 0 Å². The molecule has 8 heteroatoms. The Hall–Kier alpha value is -1.44. The van der Waals surface area contributed by atoms with Gasteiger partial charge in [0.25, 0.3) is 0 Å². The molecule has 0 saturated carbocycles. The predicted molar refractivity (Wildman–Crippen MR) is 71.2 cm³/mol. The standard InChI is InChI=1S/C11H13ClN4O2S/c1-2-16-8-13-15-11(16)7-14-19(17,18)10-5-3-4-9(12)6-10/h3-6,8,14H,2,7H2,1H3. The van der Waals surface area contributed by atoms with E-state index in [1.165, 1.54) is 12.1 Å². The number of nitrogens with one attached hydrogen (secondary N) is 1. The van der Waals surface area contributed by atoms with Gasteiger partial charge in [0.1, 0.15) is 12.2 Å². The van der Waals surface area contributed by atoms with E-state index in [2.05, 4.69) is 14.9 Å². The highest BCUT2D eigenvalue weighted by Crippen LogP contribution is 2.15. The number of nitrogens with zero attached hydrogens (tertiary/aromatic N) is 3. The van der Waals surface area contributed by atoms with Crippen LogP contribution in [-0.4, -0.2) is 23.2 Å². The Kier molecular flexibility index (Phi) is 4.18. The van der Waals surface area contributed by atoms with Crippen molar-refractivity contribution < 1.29 is 8.42 Å². The van der Waals surface area contributed by atoms with Crippen molar-refractivity contribution in [2.45, 2.75) is 24.9 Å². The minimum atomic E-state index is -3.60. The molecule has 0 aliphatic carbocycles. The fourth-order valence-electron chi connectivity index (χ4n) is 1.56. The molecule has 0 radical (unpaired) electrons. The lowest BCUT2D eigenvalue weighted by Gasteiger charge is -2.07. The van der Waals surface area contributed by atoms with Crippen LogP contribution >= 0.6 is 11.6 Å². The second-order valence-corrected chi connectivity index (χ2v) is 6.02. The quantitative estimate of drug-likeness (QED) is 0.906. The number of aromatic nitrogens is 3. The number of halogens is 1. The number of aryl methyl sites for hydroxylation is 1. The average molecular weight is 301 g/mol. The molecule has 0 atom stereocenters. The molecule has 19 heavy (non-hydrogen) atoms. The van der Waals surface area contributed by atoms with Crippen molar-refractivity contribution in [3.63, 3.8) is 0 Å². The minimum Gasteiger partial charge on any atom is -0.317 e. The molecule has 102 valence electrons. The lowest BCUT2D eigenvalue weighted by molar-refractivity contribution is 0.575. The van der Waals surface area contributed by atoms with Gasteiger partial charge in [-0.25, -0.2) is 13.1 Å². The third-order valence-electron chi connectivity index (χ3n) is 2.56. The molecule has 1 N–H and O–H groups in total. The van der Waals surface area contributed by atoms with Crippen LogP contribution in [0.4, 0.5) is 0 Å². The Morgan fingerprint density at radius 1 is 1.42 bits per heavy atom. The first kappa shape index (κ1) is 14.0. The Morgan fingerprint density at radius 2 is 2.21 bits per heavy atom. The summed E-state index contributed by atoms with van der Waals surface area (Å²) in [4.78, 5) is 0.127. The van der Waals surface area contributed by atoms with Gasteiger partial charge >= 0.3 is 0 Å². The number of benzene rings is 1. The van der Waals surface area contributed by atoms with Gasteiger partial charge in [0.2, 0.25) is 10.0 Å². The summed E-state index contributed by atoms with van der Waals surface area (Å²) in [5.74, 6) is 0.563. The third-order valence-corrected chi connectivity index (χ3v) is 4.20. The van der Waals surface area contributed by atoms with Crippen LogP contribution in [0.1, 0.15) is 12.7 Å². The van der Waals surface area contributed by atoms with Crippen LogP contribution in [0.2, 0.25) is 5.02 Å². The smallest absolute Gasteiger partial charge is 0.241 e. The van der Waals surface area contributed by atoms with Crippen LogP contribution < -0.4 is 4.72 Å². The van der Waals surface area contributed by atoms with Gasteiger partial charge in [0.05, 0.1) is 11.4 Å². The van der Waals surface area contributed by atoms with Crippen LogP contribution in [0.3, 0.4) is 0 Å². The Labute approximate surface area is 116 Å². The number of hydrogen-bond acceptors (Lipinski definition) is 4. The van der Waals surface area contributed by atoms with Crippen molar-refractivity contribution in [1.29, 1.82) is 0 Å². The number of sulfonamides is 1. The van der Waals surface area contributed by atoms with Gasteiger partial charge in [0.15, 0.2) is 0 Å². The topological polar surface area (TPSA) is 76.9 Å². The first-order valence-electron chi connectivity index (χ1n) is 5.65. The van der Waals surface area contributed by atoms with Crippen LogP contribution in [-0.2, 0) is 23.1 Å². The summed E-state index contributed by atoms with van der Waals surface area (Å²) in [5, 5.41) is 7.97. The van der Waals surface area contributed by atoms with Crippen LogP contribution in [0.25, 0.3) is 0 Å². The van der Waals surface area contributed by atoms with Gasteiger partial charge in [-0.05, 0) is 25.1 Å². The van der Waals surface area contributed by atoms with Gasteiger partial charge in [-0.1, -0.05) is 17.7 Å². The van der Waals surface area contributed by atoms with Crippen LogP contribution in [0, 0.1) is 0 Å². The fraction of sp³-hybridized carbons (Fsp3) is 0.273. The Morgan fingerprint density at radius 3 is 2.89 bits per heavy atom. The maximum Gasteiger partial charge on any atom is 0.241 e. The first-order valence-corrected chi connectivity index (χ1v) is 7.51. The second-order valence-electron chi connectivity index (χ2n) is 3.82. The maximum absolute atomic E-state index is 12.1. The summed E-state index contributed by atoms with van der Waals surface area (Å²) in [6, 6.07) is 6.09. The van der Waals surface area contributed by atoms with Crippen molar-refractivity contribution in [2.75, 3.05) is 0 Å². The highest BCUT2D eigenvalue weighted by molar-refractivity contribution is 7.89. The van der Waals surface area contributed by atoms with E-state index in [1.54, 1.807) is 23.0 Å². The van der Waals surface area contributed by atoms with E-state index in [1.807, 2.05) is 6.92 Å². The predicted octanol–water partition coefficient (Wildman–Crippen LogP) is 1.43. The molecule has 0 fully saturated rings. The highest BCUT2D eigenvalue weighted by Gasteiger charge is 2.15. The molecule has 0 amide bonds. The molecular weight excluding hydrogens is 288 g/mol. The minimum absolute atomic E-state index is 0.0860. The molecule has 0 unspecified atom stereocenters. The van der Waals surface area contributed by atoms with E-state index in [0.29, 0.717) is 17.4 Å². The lowest BCUT2D eigenvalue weighted by Crippen LogP contribution is -2.25. The Bertz CT molecular complexity index is 669. The van der Waals surface area contributed by atoms with Crippen molar-refractivity contribution in [1.82, 2.24) is 19.5 Å². The van der Waals surface area contributed by atoms with Gasteiger partial charge < -0.3 is 4.57 Å². The summed E-state index contributed by atoms with van der Waals surface area (Å²) in [6.45, 7) is 2.70. The van der Waals surface area contributed by atoms with Crippen molar-refractivity contribution in [2.24, 2.45) is 0 Å². The van der Waals surface area contributed by atoms with E-state index in [4.69, 9.17) is 11.6 Å². The number of hydrogen-bond donors (Lipinski definition) is 1. The van der Waals surface area contributed by atoms with Gasteiger partial charge in [-0.3, -0.25) is 0 Å². The van der Waals surface area contributed by atoms with Gasteiger partial charge in [0, 0.05) is 11.6 Å². The molecule has 6 nitrogen and oxygen atoms in total. The molecule has 2 rings (SSSR count). The lowest BCUT2D eigenvalue weighted by atomic mass is 10.4. The molecule has 0 spiro atoms. The maximum atomic E-state index is 12.1. The van der Waals surface area contributed by atoms with E-state index in [9.17, 15) is 8.42 Å². The first-order chi connectivity index (χ1) is 9.03. The van der Waals surface area contributed by atoms with Crippen molar-refractivity contribution in [3.8, 4) is 0 Å². The van der Waals surface area contributed by atoms with Crippen molar-refractivity contribution >= 4 is 21.6 Å². The summed E-state index contributed by atoms with van der Waals surface area (Å²) in [7, 11) is -3.60. The van der Waals surface area contributed by atoms with E-state index >= 15 is 0 Å². The van der Waals surface area contributed by atoms with Gasteiger partial charge in [-0.15, -0.1) is 10.2 Å².